The lowest BCUT2D eigenvalue weighted by atomic mass is 9.43. The van der Waals surface area contributed by atoms with Crippen molar-refractivity contribution in [1.29, 1.82) is 0 Å². The lowest BCUT2D eigenvalue weighted by Gasteiger charge is -2.62. The average Bonchev–Trinajstić information content (AvgIpc) is 2.86. The van der Waals surface area contributed by atoms with Gasteiger partial charge in [-0.2, -0.15) is 0 Å². The lowest BCUT2D eigenvalue weighted by molar-refractivity contribution is -0.142. The molecular formula is C30H34N2O6. The average molecular weight is 519 g/mol. The fourth-order valence-corrected chi connectivity index (χ4v) is 7.84. The number of nitrogens with one attached hydrogen (secondary N) is 2. The van der Waals surface area contributed by atoms with Crippen LogP contribution in [0.3, 0.4) is 0 Å². The Bertz CT molecular complexity index is 1160. The van der Waals surface area contributed by atoms with E-state index in [0.717, 1.165) is 32.1 Å². The molecule has 0 unspecified atom stereocenters. The van der Waals surface area contributed by atoms with Gasteiger partial charge in [0.1, 0.15) is 0 Å². The number of hydrogen-bond acceptors (Lipinski definition) is 6. The molecule has 2 N–H and O–H groups in total. The van der Waals surface area contributed by atoms with Crippen LogP contribution in [0.15, 0.2) is 48.5 Å². The molecule has 0 heterocycles. The van der Waals surface area contributed by atoms with E-state index in [1.165, 1.54) is 20.6 Å². The van der Waals surface area contributed by atoms with Crippen molar-refractivity contribution in [2.24, 2.45) is 22.7 Å². The third-order valence-electron chi connectivity index (χ3n) is 8.51. The normalized spacial score (nSPS) is 26.9. The van der Waals surface area contributed by atoms with Gasteiger partial charge in [-0.3, -0.25) is 9.59 Å². The van der Waals surface area contributed by atoms with E-state index in [-0.39, 0.29) is 22.6 Å². The zero-order valence-corrected chi connectivity index (χ0v) is 21.9. The van der Waals surface area contributed by atoms with Gasteiger partial charge in [-0.05, 0) is 97.6 Å². The van der Waals surface area contributed by atoms with Crippen LogP contribution in [0.25, 0.3) is 0 Å². The van der Waals surface area contributed by atoms with Crippen molar-refractivity contribution in [3.05, 3.63) is 59.7 Å². The first-order valence-corrected chi connectivity index (χ1v) is 13.2. The van der Waals surface area contributed by atoms with Crippen LogP contribution in [0, 0.1) is 22.7 Å². The Morgan fingerprint density at radius 3 is 1.55 bits per heavy atom. The molecule has 200 valence electrons. The molecule has 4 fully saturated rings. The first-order chi connectivity index (χ1) is 18.2. The van der Waals surface area contributed by atoms with E-state index in [0.29, 0.717) is 47.2 Å². The lowest BCUT2D eigenvalue weighted by Crippen LogP contribution is -2.53. The third-order valence-corrected chi connectivity index (χ3v) is 8.51. The van der Waals surface area contributed by atoms with Crippen molar-refractivity contribution < 1.29 is 28.7 Å². The molecule has 2 amide bonds. The molecule has 8 heteroatoms. The number of anilines is 2. The minimum atomic E-state index is -0.445. The molecule has 2 aromatic carbocycles. The maximum atomic E-state index is 13.2. The summed E-state index contributed by atoms with van der Waals surface area (Å²) in [5, 5.41) is 5.96. The number of benzene rings is 2. The zero-order valence-electron chi connectivity index (χ0n) is 21.9. The standard InChI is InChI=1S/C30H34N2O6/c1-37-27(35)21-5-3-7-23(10-21)31-25(33)16-29-12-19-9-20(13-29)15-30(14-19,18-29)17-26(34)32-24-8-4-6-22(11-24)28(36)38-2/h3-8,10-11,19-20H,9,12-18H2,1-2H3,(H,31,33)(H,32,34). The summed E-state index contributed by atoms with van der Waals surface area (Å²) in [4.78, 5) is 50.1. The molecule has 0 radical (unpaired) electrons. The molecule has 0 saturated heterocycles. The van der Waals surface area contributed by atoms with Gasteiger partial charge in [0.2, 0.25) is 11.8 Å². The molecule has 4 saturated carbocycles. The number of hydrogen-bond donors (Lipinski definition) is 2. The van der Waals surface area contributed by atoms with Crippen molar-refractivity contribution >= 4 is 35.1 Å². The molecule has 38 heavy (non-hydrogen) atoms. The Hall–Kier alpha value is -3.68. The van der Waals surface area contributed by atoms with Crippen LogP contribution in [-0.2, 0) is 19.1 Å². The first kappa shape index (κ1) is 25.9. The van der Waals surface area contributed by atoms with Gasteiger partial charge in [0, 0.05) is 24.2 Å². The predicted octanol–water partition coefficient (Wildman–Crippen LogP) is 5.20. The van der Waals surface area contributed by atoms with Crippen LogP contribution in [-0.4, -0.2) is 38.0 Å². The summed E-state index contributed by atoms with van der Waals surface area (Å²) in [6.07, 6.45) is 6.92. The van der Waals surface area contributed by atoms with Crippen LogP contribution < -0.4 is 10.6 Å². The van der Waals surface area contributed by atoms with Gasteiger partial charge in [0.05, 0.1) is 25.3 Å². The van der Waals surface area contributed by atoms with Crippen LogP contribution in [0.2, 0.25) is 0 Å². The molecule has 4 bridgehead atoms. The number of esters is 2. The van der Waals surface area contributed by atoms with E-state index in [2.05, 4.69) is 10.6 Å². The Morgan fingerprint density at radius 1 is 0.737 bits per heavy atom. The number of rotatable bonds is 8. The number of ether oxygens (including phenoxy) is 2. The monoisotopic (exact) mass is 518 g/mol. The number of amides is 2. The molecule has 2 aromatic rings. The van der Waals surface area contributed by atoms with E-state index in [9.17, 15) is 19.2 Å². The van der Waals surface area contributed by atoms with Crippen LogP contribution >= 0.6 is 0 Å². The van der Waals surface area contributed by atoms with E-state index in [1.807, 2.05) is 0 Å². The van der Waals surface area contributed by atoms with E-state index in [1.54, 1.807) is 48.5 Å². The third kappa shape index (κ3) is 5.44. The molecular weight excluding hydrogens is 484 g/mol. The number of carbonyl (C=O) groups excluding carboxylic acids is 4. The van der Waals surface area contributed by atoms with Crippen molar-refractivity contribution in [3.8, 4) is 0 Å². The molecule has 4 aliphatic rings. The van der Waals surface area contributed by atoms with E-state index < -0.39 is 11.9 Å². The second-order valence-corrected chi connectivity index (χ2v) is 11.6. The highest BCUT2D eigenvalue weighted by atomic mass is 16.5. The largest absolute Gasteiger partial charge is 0.465 e. The molecule has 0 atom stereocenters. The first-order valence-electron chi connectivity index (χ1n) is 13.2. The Labute approximate surface area is 222 Å². The minimum absolute atomic E-state index is 0.0619. The Morgan fingerprint density at radius 2 is 1.16 bits per heavy atom. The number of methoxy groups -OCH3 is 2. The number of carbonyl (C=O) groups is 4. The summed E-state index contributed by atoms with van der Waals surface area (Å²) in [5.74, 6) is 0.0459. The summed E-state index contributed by atoms with van der Waals surface area (Å²) >= 11 is 0. The van der Waals surface area contributed by atoms with Crippen LogP contribution in [0.4, 0.5) is 11.4 Å². The van der Waals surface area contributed by atoms with Gasteiger partial charge >= 0.3 is 11.9 Å². The smallest absolute Gasteiger partial charge is 0.337 e. The van der Waals surface area contributed by atoms with Gasteiger partial charge in [-0.15, -0.1) is 0 Å². The van der Waals surface area contributed by atoms with Crippen molar-refractivity contribution in [1.82, 2.24) is 0 Å². The Kier molecular flexibility index (Phi) is 6.99. The molecule has 0 aromatic heterocycles. The van der Waals surface area contributed by atoms with E-state index in [4.69, 9.17) is 9.47 Å². The zero-order chi connectivity index (χ0) is 26.9. The molecule has 8 nitrogen and oxygen atoms in total. The fourth-order valence-electron chi connectivity index (χ4n) is 7.84. The molecule has 0 aliphatic heterocycles. The summed E-state index contributed by atoms with van der Waals surface area (Å²) in [6, 6.07) is 13.6. The van der Waals surface area contributed by atoms with Crippen molar-refractivity contribution in [2.45, 2.75) is 51.4 Å². The maximum Gasteiger partial charge on any atom is 0.337 e. The second kappa shape index (κ2) is 10.2. The van der Waals surface area contributed by atoms with E-state index >= 15 is 0 Å². The second-order valence-electron chi connectivity index (χ2n) is 11.6. The summed E-state index contributed by atoms with van der Waals surface area (Å²) in [7, 11) is 2.66. The highest BCUT2D eigenvalue weighted by molar-refractivity contribution is 5.96. The molecule has 0 spiro atoms. The highest BCUT2D eigenvalue weighted by Crippen LogP contribution is 2.67. The van der Waals surface area contributed by atoms with Gasteiger partial charge in [-0.25, -0.2) is 9.59 Å². The van der Waals surface area contributed by atoms with Crippen molar-refractivity contribution in [3.63, 3.8) is 0 Å². The fraction of sp³-hybridized carbons (Fsp3) is 0.467. The molecule has 6 rings (SSSR count). The van der Waals surface area contributed by atoms with Crippen LogP contribution in [0.1, 0.15) is 72.1 Å². The Balaban J connectivity index is 1.26. The van der Waals surface area contributed by atoms with Gasteiger partial charge in [0.25, 0.3) is 0 Å². The van der Waals surface area contributed by atoms with Crippen LogP contribution in [0.5, 0.6) is 0 Å². The summed E-state index contributed by atoms with van der Waals surface area (Å²) in [6.45, 7) is 0. The molecule has 4 aliphatic carbocycles. The maximum absolute atomic E-state index is 13.2. The SMILES string of the molecule is COC(=O)c1cccc(NC(=O)CC23CC4CC(C2)CC(CC(=O)Nc2cccc(C(=O)OC)c2)(C4)C3)c1. The predicted molar refractivity (Wildman–Crippen MR) is 142 cm³/mol. The van der Waals surface area contributed by atoms with Crippen molar-refractivity contribution in [2.75, 3.05) is 24.9 Å². The topological polar surface area (TPSA) is 111 Å². The van der Waals surface area contributed by atoms with Gasteiger partial charge in [0.15, 0.2) is 0 Å². The summed E-state index contributed by atoms with van der Waals surface area (Å²) < 4.78 is 9.57. The summed E-state index contributed by atoms with van der Waals surface area (Å²) in [5.41, 5.74) is 1.71. The minimum Gasteiger partial charge on any atom is -0.465 e. The van der Waals surface area contributed by atoms with Gasteiger partial charge in [-0.1, -0.05) is 12.1 Å². The van der Waals surface area contributed by atoms with Gasteiger partial charge < -0.3 is 20.1 Å². The highest BCUT2D eigenvalue weighted by Gasteiger charge is 2.58. The quantitative estimate of drug-likeness (QED) is 0.465.